The van der Waals surface area contributed by atoms with E-state index in [9.17, 15) is 8.78 Å². The summed E-state index contributed by atoms with van der Waals surface area (Å²) in [6, 6.07) is 35.2. The van der Waals surface area contributed by atoms with Crippen molar-refractivity contribution in [2.24, 2.45) is 0 Å². The highest BCUT2D eigenvalue weighted by Crippen LogP contribution is 2.44. The molecule has 0 unspecified atom stereocenters. The Bertz CT molecular complexity index is 2740. The Labute approximate surface area is 282 Å². The largest absolute Gasteiger partial charge is 0.248 e. The van der Waals surface area contributed by atoms with Crippen LogP contribution in [-0.2, 0) is 0 Å². The number of nitriles is 1. The van der Waals surface area contributed by atoms with Crippen molar-refractivity contribution < 1.29 is 17.6 Å². The van der Waals surface area contributed by atoms with Gasteiger partial charge in [-0.1, -0.05) is 97.1 Å². The van der Waals surface area contributed by atoms with Crippen molar-refractivity contribution in [3.05, 3.63) is 156 Å². The molecule has 5 nitrogen and oxygen atoms in total. The number of fused-ring (bicyclic) bond motifs is 5. The lowest BCUT2D eigenvalue weighted by Crippen LogP contribution is -2.04. The van der Waals surface area contributed by atoms with E-state index >= 15 is 8.78 Å². The van der Waals surface area contributed by atoms with Gasteiger partial charge in [-0.3, -0.25) is 0 Å². The van der Waals surface area contributed by atoms with Crippen LogP contribution in [0.3, 0.4) is 0 Å². The number of aromatic nitrogens is 3. The third kappa shape index (κ3) is 4.72. The minimum absolute atomic E-state index is 0.188. The van der Waals surface area contributed by atoms with Crippen molar-refractivity contribution in [1.29, 1.82) is 5.26 Å². The topological polar surface area (TPSA) is 66.8 Å². The predicted molar refractivity (Wildman–Crippen MR) is 185 cm³/mol. The Morgan fingerprint density at radius 3 is 1.74 bits per heavy atom. The highest BCUT2D eigenvalue weighted by Gasteiger charge is 2.27. The molecule has 0 spiro atoms. The number of nitrogens with zero attached hydrogens (tertiary/aromatic N) is 5. The molecule has 2 heterocycles. The Morgan fingerprint density at radius 1 is 0.540 bits per heavy atom. The van der Waals surface area contributed by atoms with E-state index in [1.807, 2.05) is 78.9 Å². The van der Waals surface area contributed by atoms with Gasteiger partial charge in [0, 0.05) is 32.8 Å². The van der Waals surface area contributed by atoms with Gasteiger partial charge in [0.1, 0.15) is 11.6 Å². The van der Waals surface area contributed by atoms with Crippen molar-refractivity contribution in [2.75, 3.05) is 0 Å². The van der Waals surface area contributed by atoms with E-state index in [-0.39, 0.29) is 11.3 Å². The second kappa shape index (κ2) is 11.9. The van der Waals surface area contributed by atoms with Crippen LogP contribution in [0.25, 0.3) is 82.5 Å². The number of hydrogen-bond acceptors (Lipinski definition) is 4. The molecule has 2 aromatic heterocycles. The first-order chi connectivity index (χ1) is 24.4. The van der Waals surface area contributed by atoms with Crippen LogP contribution in [0.15, 0.2) is 115 Å². The van der Waals surface area contributed by atoms with Crippen LogP contribution in [0.2, 0.25) is 0 Å². The van der Waals surface area contributed by atoms with E-state index in [2.05, 4.69) is 4.85 Å². The summed E-state index contributed by atoms with van der Waals surface area (Å²) in [6.45, 7) is 8.22. The molecule has 0 aliphatic rings. The number of pyridine rings is 1. The standard InChI is InChI=1S/C41H19F4N5/c1-47-29-20-30-41(50-40(23-13-6-3-7-14-23)39(49-30)22-11-4-2-5-12-22)32-26-17-8-9-18-28(26)48-38(33(29)32)25-16-10-15-24(19-25)31-36(44)34(42)27(21-46)35(43)37(31)45/h2-20H. The molecule has 6 aromatic carbocycles. The average Bonchev–Trinajstić information content (AvgIpc) is 3.17. The summed E-state index contributed by atoms with van der Waals surface area (Å²) in [5, 5.41) is 10.8. The third-order valence-electron chi connectivity index (χ3n) is 8.60. The molecule has 0 fully saturated rings. The fourth-order valence-electron chi connectivity index (χ4n) is 6.34. The highest BCUT2D eigenvalue weighted by molar-refractivity contribution is 6.25. The van der Waals surface area contributed by atoms with Gasteiger partial charge in [0.05, 0.1) is 45.8 Å². The number of hydrogen-bond donors (Lipinski definition) is 0. The van der Waals surface area contributed by atoms with Crippen LogP contribution >= 0.6 is 0 Å². The van der Waals surface area contributed by atoms with E-state index in [0.29, 0.717) is 55.4 Å². The zero-order valence-corrected chi connectivity index (χ0v) is 25.7. The predicted octanol–water partition coefficient (Wildman–Crippen LogP) is 11.0. The van der Waals surface area contributed by atoms with Crippen LogP contribution in [0.1, 0.15) is 5.56 Å². The van der Waals surface area contributed by atoms with E-state index in [1.54, 1.807) is 18.2 Å². The van der Waals surface area contributed by atoms with Crippen LogP contribution in [0.4, 0.5) is 23.2 Å². The normalized spacial score (nSPS) is 11.2. The van der Waals surface area contributed by atoms with Crippen molar-refractivity contribution in [3.8, 4) is 51.0 Å². The van der Waals surface area contributed by atoms with Gasteiger partial charge < -0.3 is 0 Å². The summed E-state index contributed by atoms with van der Waals surface area (Å²) in [7, 11) is 0. The number of para-hydroxylation sites is 1. The summed E-state index contributed by atoms with van der Waals surface area (Å²) in [5.74, 6) is -6.96. The summed E-state index contributed by atoms with van der Waals surface area (Å²) >= 11 is 0. The van der Waals surface area contributed by atoms with Crippen LogP contribution in [0.5, 0.6) is 0 Å². The monoisotopic (exact) mass is 657 g/mol. The first kappa shape index (κ1) is 30.4. The number of halogens is 4. The third-order valence-corrected chi connectivity index (χ3v) is 8.60. The minimum Gasteiger partial charge on any atom is -0.248 e. The van der Waals surface area contributed by atoms with Gasteiger partial charge in [0.2, 0.25) is 0 Å². The van der Waals surface area contributed by atoms with Crippen LogP contribution < -0.4 is 0 Å². The molecule has 0 radical (unpaired) electrons. The van der Waals surface area contributed by atoms with Crippen molar-refractivity contribution in [3.63, 3.8) is 0 Å². The lowest BCUT2D eigenvalue weighted by molar-refractivity contribution is 0.454. The molecule has 0 bridgehead atoms. The molecule has 0 saturated heterocycles. The van der Waals surface area contributed by atoms with Gasteiger partial charge >= 0.3 is 0 Å². The summed E-state index contributed by atoms with van der Waals surface area (Å²) in [5.41, 5.74) is 2.80. The second-order valence-electron chi connectivity index (χ2n) is 11.5. The molecule has 0 N–H and O–H groups in total. The molecule has 0 aliphatic carbocycles. The Kier molecular flexibility index (Phi) is 7.24. The van der Waals surface area contributed by atoms with Gasteiger partial charge in [-0.2, -0.15) is 5.26 Å². The fourth-order valence-corrected chi connectivity index (χ4v) is 6.34. The van der Waals surface area contributed by atoms with Gasteiger partial charge in [-0.05, 0) is 23.8 Å². The van der Waals surface area contributed by atoms with Gasteiger partial charge in [0.15, 0.2) is 29.0 Å². The molecule has 236 valence electrons. The smallest absolute Gasteiger partial charge is 0.199 e. The summed E-state index contributed by atoms with van der Waals surface area (Å²) in [6.07, 6.45) is 0. The molecule has 8 aromatic rings. The number of benzene rings is 6. The van der Waals surface area contributed by atoms with Gasteiger partial charge in [-0.25, -0.2) is 37.4 Å². The lowest BCUT2D eigenvalue weighted by Gasteiger charge is -2.17. The first-order valence-electron chi connectivity index (χ1n) is 15.3. The van der Waals surface area contributed by atoms with E-state index < -0.39 is 34.4 Å². The first-order valence-corrected chi connectivity index (χ1v) is 15.3. The van der Waals surface area contributed by atoms with E-state index in [4.69, 9.17) is 26.8 Å². The quantitative estimate of drug-likeness (QED) is 0.0818. The van der Waals surface area contributed by atoms with Crippen molar-refractivity contribution in [1.82, 2.24) is 15.0 Å². The second-order valence-corrected chi connectivity index (χ2v) is 11.5. The lowest BCUT2D eigenvalue weighted by atomic mass is 9.94. The van der Waals surface area contributed by atoms with Gasteiger partial charge in [-0.15, -0.1) is 0 Å². The fraction of sp³-hybridized carbons (Fsp3) is 0. The molecule has 8 rings (SSSR count). The summed E-state index contributed by atoms with van der Waals surface area (Å²) in [4.78, 5) is 19.1. The molecule has 0 saturated carbocycles. The zero-order valence-electron chi connectivity index (χ0n) is 25.7. The van der Waals surface area contributed by atoms with Crippen LogP contribution in [-0.4, -0.2) is 15.0 Å². The zero-order chi connectivity index (χ0) is 34.5. The molecule has 0 atom stereocenters. The van der Waals surface area contributed by atoms with Crippen LogP contribution in [0, 0.1) is 41.2 Å². The molecule has 50 heavy (non-hydrogen) atoms. The average molecular weight is 658 g/mol. The van der Waals surface area contributed by atoms with E-state index in [1.165, 1.54) is 24.3 Å². The van der Waals surface area contributed by atoms with Crippen molar-refractivity contribution >= 4 is 38.4 Å². The Hall–Kier alpha value is -6.97. The molecule has 0 aliphatic heterocycles. The SMILES string of the molecule is [C-]#[N+]c1cc2nc(-c3ccccc3)c(-c3ccccc3)nc2c2c1c(-c1cccc(-c3c(F)c(F)c(C#N)c(F)c3F)c1)nc1ccccc12. The van der Waals surface area contributed by atoms with Gasteiger partial charge in [0.25, 0.3) is 0 Å². The molecular formula is C41H19F4N5. The molecular weight excluding hydrogens is 638 g/mol. The maximum Gasteiger partial charge on any atom is 0.199 e. The van der Waals surface area contributed by atoms with E-state index in [0.717, 1.165) is 11.1 Å². The molecule has 9 heteroatoms. The Balaban J connectivity index is 1.48. The number of rotatable bonds is 4. The Morgan fingerprint density at radius 2 is 1.10 bits per heavy atom. The minimum atomic E-state index is -1.79. The highest BCUT2D eigenvalue weighted by atomic mass is 19.2. The summed E-state index contributed by atoms with van der Waals surface area (Å²) < 4.78 is 59.7. The van der Waals surface area contributed by atoms with Crippen molar-refractivity contribution in [2.45, 2.75) is 0 Å². The maximum atomic E-state index is 15.2. The maximum absolute atomic E-state index is 15.2. The molecule has 0 amide bonds.